The van der Waals surface area contributed by atoms with Crippen molar-refractivity contribution >= 4 is 0 Å². The molecule has 66 valence electrons. The second kappa shape index (κ2) is 4.21. The lowest BCUT2D eigenvalue weighted by molar-refractivity contribution is 0.185. The molecule has 0 aliphatic carbocycles. The number of pyridine rings is 1. The normalized spacial score (nSPS) is 12.9. The monoisotopic (exact) mass is 165 g/mol. The van der Waals surface area contributed by atoms with Crippen molar-refractivity contribution in [1.82, 2.24) is 4.98 Å². The van der Waals surface area contributed by atoms with E-state index in [-0.39, 0.29) is 6.10 Å². The largest absolute Gasteiger partial charge is 0.393 e. The van der Waals surface area contributed by atoms with Gasteiger partial charge >= 0.3 is 0 Å². The third-order valence-electron chi connectivity index (χ3n) is 1.95. The minimum Gasteiger partial charge on any atom is -0.393 e. The molecule has 1 aromatic rings. The molecule has 0 amide bonds. The Morgan fingerprint density at radius 3 is 2.92 bits per heavy atom. The molecule has 0 unspecified atom stereocenters. The number of aliphatic hydroxyl groups is 1. The summed E-state index contributed by atoms with van der Waals surface area (Å²) < 4.78 is 0. The second-order valence-corrected chi connectivity index (χ2v) is 3.14. The molecule has 1 N–H and O–H groups in total. The van der Waals surface area contributed by atoms with Gasteiger partial charge in [0.05, 0.1) is 6.10 Å². The highest BCUT2D eigenvalue weighted by molar-refractivity contribution is 5.18. The number of aromatic nitrogens is 1. The number of aliphatic hydroxyl groups excluding tert-OH is 1. The number of rotatable bonds is 3. The molecular weight excluding hydrogens is 150 g/mol. The van der Waals surface area contributed by atoms with E-state index in [1.807, 2.05) is 19.9 Å². The van der Waals surface area contributed by atoms with Crippen LogP contribution < -0.4 is 0 Å². The Labute approximate surface area is 73.3 Å². The van der Waals surface area contributed by atoms with E-state index in [1.54, 1.807) is 6.20 Å². The lowest BCUT2D eigenvalue weighted by atomic mass is 10.1. The quantitative estimate of drug-likeness (QED) is 0.739. The van der Waals surface area contributed by atoms with Gasteiger partial charge in [-0.05, 0) is 38.3 Å². The molecule has 0 aliphatic heterocycles. The summed E-state index contributed by atoms with van der Waals surface area (Å²) in [5.41, 5.74) is 2.30. The highest BCUT2D eigenvalue weighted by Crippen LogP contribution is 2.07. The van der Waals surface area contributed by atoms with Gasteiger partial charge in [-0.2, -0.15) is 0 Å². The molecule has 1 atom stereocenters. The van der Waals surface area contributed by atoms with Gasteiger partial charge in [0.25, 0.3) is 0 Å². The van der Waals surface area contributed by atoms with Crippen LogP contribution in [0.2, 0.25) is 0 Å². The summed E-state index contributed by atoms with van der Waals surface area (Å²) in [5.74, 6) is 0. The fraction of sp³-hybridized carbons (Fsp3) is 0.500. The fourth-order valence-corrected chi connectivity index (χ4v) is 1.15. The van der Waals surface area contributed by atoms with E-state index in [4.69, 9.17) is 5.11 Å². The maximum absolute atomic E-state index is 9.08. The maximum Gasteiger partial charge on any atom is 0.0515 e. The van der Waals surface area contributed by atoms with Gasteiger partial charge < -0.3 is 5.11 Å². The van der Waals surface area contributed by atoms with Crippen LogP contribution in [0.4, 0.5) is 0 Å². The number of nitrogens with zero attached hydrogens (tertiary/aromatic N) is 1. The molecule has 0 radical (unpaired) electrons. The predicted octanol–water partition coefficient (Wildman–Crippen LogP) is 1.70. The van der Waals surface area contributed by atoms with Gasteiger partial charge in [-0.15, -0.1) is 0 Å². The molecule has 0 aromatic carbocycles. The number of hydrogen-bond donors (Lipinski definition) is 1. The summed E-state index contributed by atoms with van der Waals surface area (Å²) in [6, 6.07) is 4.00. The van der Waals surface area contributed by atoms with Crippen LogP contribution in [-0.2, 0) is 6.42 Å². The average Bonchev–Trinajstić information content (AvgIpc) is 2.03. The van der Waals surface area contributed by atoms with Crippen LogP contribution in [0.5, 0.6) is 0 Å². The van der Waals surface area contributed by atoms with Crippen LogP contribution in [-0.4, -0.2) is 16.2 Å². The zero-order valence-electron chi connectivity index (χ0n) is 7.62. The molecule has 0 aliphatic rings. The molecule has 0 fully saturated rings. The van der Waals surface area contributed by atoms with E-state index in [0.29, 0.717) is 0 Å². The fourth-order valence-electron chi connectivity index (χ4n) is 1.15. The lowest BCUT2D eigenvalue weighted by Crippen LogP contribution is -2.02. The maximum atomic E-state index is 9.08. The van der Waals surface area contributed by atoms with E-state index >= 15 is 0 Å². The van der Waals surface area contributed by atoms with Crippen LogP contribution in [0.25, 0.3) is 0 Å². The van der Waals surface area contributed by atoms with E-state index in [1.165, 1.54) is 5.56 Å². The van der Waals surface area contributed by atoms with Gasteiger partial charge in [0.15, 0.2) is 0 Å². The summed E-state index contributed by atoms with van der Waals surface area (Å²) in [4.78, 5) is 4.18. The van der Waals surface area contributed by atoms with Gasteiger partial charge in [0.1, 0.15) is 0 Å². The molecule has 1 rings (SSSR count). The smallest absolute Gasteiger partial charge is 0.0515 e. The molecule has 0 saturated carbocycles. The number of aryl methyl sites for hydroxylation is 2. The molecule has 12 heavy (non-hydrogen) atoms. The summed E-state index contributed by atoms with van der Waals surface area (Å²) in [6.07, 6.45) is 3.30. The van der Waals surface area contributed by atoms with E-state index in [9.17, 15) is 0 Å². The molecule has 0 saturated heterocycles. The van der Waals surface area contributed by atoms with Gasteiger partial charge in [0, 0.05) is 11.9 Å². The molecule has 0 spiro atoms. The first-order valence-electron chi connectivity index (χ1n) is 4.28. The van der Waals surface area contributed by atoms with Gasteiger partial charge in [-0.25, -0.2) is 0 Å². The van der Waals surface area contributed by atoms with Crippen LogP contribution >= 0.6 is 0 Å². The van der Waals surface area contributed by atoms with E-state index in [2.05, 4.69) is 11.1 Å². The Hall–Kier alpha value is -0.890. The van der Waals surface area contributed by atoms with Crippen molar-refractivity contribution in [3.8, 4) is 0 Å². The van der Waals surface area contributed by atoms with Crippen LogP contribution in [0.15, 0.2) is 18.3 Å². The molecule has 1 heterocycles. The van der Waals surface area contributed by atoms with E-state index in [0.717, 1.165) is 18.5 Å². The Bertz CT molecular complexity index is 245. The Morgan fingerprint density at radius 2 is 2.33 bits per heavy atom. The Morgan fingerprint density at radius 1 is 1.58 bits per heavy atom. The third kappa shape index (κ3) is 2.62. The van der Waals surface area contributed by atoms with Crippen molar-refractivity contribution in [2.45, 2.75) is 32.8 Å². The van der Waals surface area contributed by atoms with Gasteiger partial charge in [-0.1, -0.05) is 6.07 Å². The van der Waals surface area contributed by atoms with Crippen molar-refractivity contribution in [2.75, 3.05) is 0 Å². The molecule has 0 bridgehead atoms. The SMILES string of the molecule is Cc1ncccc1CC[C@H](C)O. The molecule has 1 aromatic heterocycles. The second-order valence-electron chi connectivity index (χ2n) is 3.14. The topological polar surface area (TPSA) is 33.1 Å². The first-order valence-corrected chi connectivity index (χ1v) is 4.28. The van der Waals surface area contributed by atoms with Crippen molar-refractivity contribution in [3.63, 3.8) is 0 Å². The summed E-state index contributed by atoms with van der Waals surface area (Å²) >= 11 is 0. The zero-order chi connectivity index (χ0) is 8.97. The van der Waals surface area contributed by atoms with Crippen LogP contribution in [0.1, 0.15) is 24.6 Å². The Kier molecular flexibility index (Phi) is 3.23. The van der Waals surface area contributed by atoms with Crippen molar-refractivity contribution in [1.29, 1.82) is 0 Å². The summed E-state index contributed by atoms with van der Waals surface area (Å²) in [5, 5.41) is 9.08. The minimum atomic E-state index is -0.218. The highest BCUT2D eigenvalue weighted by atomic mass is 16.3. The molecule has 2 heteroatoms. The number of hydrogen-bond acceptors (Lipinski definition) is 2. The van der Waals surface area contributed by atoms with Crippen LogP contribution in [0.3, 0.4) is 0 Å². The summed E-state index contributed by atoms with van der Waals surface area (Å²) in [6.45, 7) is 3.81. The summed E-state index contributed by atoms with van der Waals surface area (Å²) in [7, 11) is 0. The zero-order valence-corrected chi connectivity index (χ0v) is 7.62. The van der Waals surface area contributed by atoms with Gasteiger partial charge in [0.2, 0.25) is 0 Å². The lowest BCUT2D eigenvalue weighted by Gasteiger charge is -2.05. The van der Waals surface area contributed by atoms with E-state index < -0.39 is 0 Å². The third-order valence-corrected chi connectivity index (χ3v) is 1.95. The predicted molar refractivity (Wildman–Crippen MR) is 49.0 cm³/mol. The average molecular weight is 165 g/mol. The standard InChI is InChI=1S/C10H15NO/c1-8(12)5-6-10-4-3-7-11-9(10)2/h3-4,7-8,12H,5-6H2,1-2H3/t8-/m0/s1. The van der Waals surface area contributed by atoms with Crippen LogP contribution in [0, 0.1) is 6.92 Å². The van der Waals surface area contributed by atoms with Gasteiger partial charge in [-0.3, -0.25) is 4.98 Å². The highest BCUT2D eigenvalue weighted by Gasteiger charge is 2.00. The molecule has 2 nitrogen and oxygen atoms in total. The first-order chi connectivity index (χ1) is 5.70. The van der Waals surface area contributed by atoms with Crippen molar-refractivity contribution < 1.29 is 5.11 Å². The van der Waals surface area contributed by atoms with Crippen molar-refractivity contribution in [2.24, 2.45) is 0 Å². The first kappa shape index (κ1) is 9.20. The minimum absolute atomic E-state index is 0.218. The Balaban J connectivity index is 2.57. The molecular formula is C10H15NO. The van der Waals surface area contributed by atoms with Crippen molar-refractivity contribution in [3.05, 3.63) is 29.6 Å².